The molecule has 3 heteroatoms. The van der Waals surface area contributed by atoms with Crippen LogP contribution in [0.25, 0.3) is 0 Å². The summed E-state index contributed by atoms with van der Waals surface area (Å²) in [5, 5.41) is 10.8. The first-order chi connectivity index (χ1) is 9.20. The second-order valence-corrected chi connectivity index (χ2v) is 7.31. The lowest BCUT2D eigenvalue weighted by Gasteiger charge is -2.18. The first kappa shape index (κ1) is 12.2. The Hall–Kier alpha value is -0.540. The number of benzene rings is 1. The fourth-order valence-corrected chi connectivity index (χ4v) is 5.34. The monoisotopic (exact) mass is 322 g/mol. The summed E-state index contributed by atoms with van der Waals surface area (Å²) < 4.78 is 6.42. The fraction of sp³-hybridized carbons (Fsp3) is 0.625. The maximum absolute atomic E-state index is 10.8. The minimum atomic E-state index is -0.356. The van der Waals surface area contributed by atoms with E-state index in [0.717, 1.165) is 39.5 Å². The topological polar surface area (TPSA) is 29.5 Å². The molecule has 0 amide bonds. The zero-order chi connectivity index (χ0) is 13.1. The van der Waals surface area contributed by atoms with Gasteiger partial charge in [-0.05, 0) is 67.1 Å². The van der Waals surface area contributed by atoms with Crippen LogP contribution >= 0.6 is 15.9 Å². The molecule has 0 radical (unpaired) electrons. The van der Waals surface area contributed by atoms with Crippen molar-refractivity contribution in [2.24, 2.45) is 29.6 Å². The molecule has 1 N–H and O–H groups in total. The molecule has 4 rings (SSSR count). The molecule has 102 valence electrons. The van der Waals surface area contributed by atoms with Crippen LogP contribution in [0.5, 0.6) is 5.75 Å². The van der Waals surface area contributed by atoms with Gasteiger partial charge >= 0.3 is 0 Å². The molecule has 2 bridgehead atoms. The molecule has 5 unspecified atom stereocenters. The van der Waals surface area contributed by atoms with Gasteiger partial charge in [0.05, 0.1) is 13.2 Å². The molecule has 1 aromatic carbocycles. The van der Waals surface area contributed by atoms with Crippen LogP contribution in [-0.2, 0) is 0 Å². The van der Waals surface area contributed by atoms with Crippen molar-refractivity contribution in [3.63, 3.8) is 0 Å². The van der Waals surface area contributed by atoms with Gasteiger partial charge < -0.3 is 9.84 Å². The first-order valence-corrected chi connectivity index (χ1v) is 8.01. The number of ether oxygens (including phenoxy) is 1. The third-order valence-corrected chi connectivity index (χ3v) is 6.16. The van der Waals surface area contributed by atoms with Crippen LogP contribution in [0.3, 0.4) is 0 Å². The SMILES string of the molecule is COc1ccc(Br)cc1C(O)C1C2C3CCC(C3)C21. The van der Waals surface area contributed by atoms with Gasteiger partial charge in [-0.25, -0.2) is 0 Å². The summed E-state index contributed by atoms with van der Waals surface area (Å²) >= 11 is 3.49. The van der Waals surface area contributed by atoms with Crippen LogP contribution in [0.4, 0.5) is 0 Å². The van der Waals surface area contributed by atoms with E-state index >= 15 is 0 Å². The Morgan fingerprint density at radius 1 is 1.26 bits per heavy atom. The van der Waals surface area contributed by atoms with Crippen LogP contribution in [0.1, 0.15) is 30.9 Å². The number of rotatable bonds is 3. The molecule has 0 saturated heterocycles. The number of methoxy groups -OCH3 is 1. The van der Waals surface area contributed by atoms with Crippen molar-refractivity contribution in [1.82, 2.24) is 0 Å². The van der Waals surface area contributed by atoms with E-state index in [9.17, 15) is 5.11 Å². The van der Waals surface area contributed by atoms with Crippen molar-refractivity contribution < 1.29 is 9.84 Å². The number of aliphatic hydroxyl groups excluding tert-OH is 1. The number of hydrogen-bond acceptors (Lipinski definition) is 2. The molecule has 3 aliphatic rings. The third kappa shape index (κ3) is 1.71. The van der Waals surface area contributed by atoms with E-state index in [1.54, 1.807) is 7.11 Å². The lowest BCUT2D eigenvalue weighted by atomic mass is 9.94. The van der Waals surface area contributed by atoms with Gasteiger partial charge in [0, 0.05) is 10.0 Å². The molecule has 3 aliphatic carbocycles. The van der Waals surface area contributed by atoms with Crippen LogP contribution in [0.15, 0.2) is 22.7 Å². The summed E-state index contributed by atoms with van der Waals surface area (Å²) in [6, 6.07) is 5.92. The molecule has 0 aliphatic heterocycles. The van der Waals surface area contributed by atoms with Gasteiger partial charge in [-0.15, -0.1) is 0 Å². The van der Waals surface area contributed by atoms with Crippen LogP contribution < -0.4 is 4.74 Å². The highest BCUT2D eigenvalue weighted by Crippen LogP contribution is 2.72. The Bertz CT molecular complexity index is 499. The Balaban J connectivity index is 1.62. The highest BCUT2D eigenvalue weighted by Gasteiger charge is 2.66. The Labute approximate surface area is 122 Å². The molecule has 19 heavy (non-hydrogen) atoms. The van der Waals surface area contributed by atoms with Crippen molar-refractivity contribution in [1.29, 1.82) is 0 Å². The summed E-state index contributed by atoms with van der Waals surface area (Å²) in [6.07, 6.45) is 3.86. The Kier molecular flexibility index (Phi) is 2.72. The van der Waals surface area contributed by atoms with E-state index in [1.165, 1.54) is 19.3 Å². The molecule has 1 aromatic rings. The third-order valence-electron chi connectivity index (χ3n) is 5.67. The molecular formula is C16H19BrO2. The first-order valence-electron chi connectivity index (χ1n) is 7.22. The van der Waals surface area contributed by atoms with Crippen molar-refractivity contribution in [2.45, 2.75) is 25.4 Å². The average molecular weight is 323 g/mol. The molecule has 0 heterocycles. The van der Waals surface area contributed by atoms with Crippen LogP contribution in [0, 0.1) is 29.6 Å². The van der Waals surface area contributed by atoms with Crippen molar-refractivity contribution in [3.05, 3.63) is 28.2 Å². The summed E-state index contributed by atoms with van der Waals surface area (Å²) in [5.74, 6) is 4.66. The van der Waals surface area contributed by atoms with Crippen molar-refractivity contribution >= 4 is 15.9 Å². The standard InChI is InChI=1S/C16H19BrO2/c1-19-12-5-4-10(17)7-11(12)16(18)15-13-8-2-3-9(6-8)14(13)15/h4-5,7-9,13-16,18H,2-3,6H2,1H3. The minimum Gasteiger partial charge on any atom is -0.496 e. The highest BCUT2D eigenvalue weighted by atomic mass is 79.9. The summed E-state index contributed by atoms with van der Waals surface area (Å²) in [6.45, 7) is 0. The second-order valence-electron chi connectivity index (χ2n) is 6.40. The zero-order valence-corrected chi connectivity index (χ0v) is 12.6. The van der Waals surface area contributed by atoms with Crippen molar-refractivity contribution in [2.75, 3.05) is 7.11 Å². The van der Waals surface area contributed by atoms with E-state index in [1.807, 2.05) is 18.2 Å². The molecule has 0 spiro atoms. The van der Waals surface area contributed by atoms with E-state index in [-0.39, 0.29) is 6.10 Å². The van der Waals surface area contributed by atoms with E-state index < -0.39 is 0 Å². The van der Waals surface area contributed by atoms with E-state index in [4.69, 9.17) is 4.74 Å². The summed E-state index contributed by atoms with van der Waals surface area (Å²) in [4.78, 5) is 0. The normalized spacial score (nSPS) is 40.1. The smallest absolute Gasteiger partial charge is 0.124 e. The van der Waals surface area contributed by atoms with Gasteiger partial charge in [0.2, 0.25) is 0 Å². The average Bonchev–Trinajstić information content (AvgIpc) is 2.85. The quantitative estimate of drug-likeness (QED) is 0.917. The molecule has 5 atom stereocenters. The predicted molar refractivity (Wildman–Crippen MR) is 77.0 cm³/mol. The Morgan fingerprint density at radius 2 is 1.95 bits per heavy atom. The van der Waals surface area contributed by atoms with Gasteiger partial charge in [-0.3, -0.25) is 0 Å². The fourth-order valence-electron chi connectivity index (χ4n) is 4.96. The molecular weight excluding hydrogens is 304 g/mol. The lowest BCUT2D eigenvalue weighted by molar-refractivity contribution is 0.126. The minimum absolute atomic E-state index is 0.356. The maximum atomic E-state index is 10.8. The Morgan fingerprint density at radius 3 is 2.58 bits per heavy atom. The second kappa shape index (κ2) is 4.23. The van der Waals surface area contributed by atoms with Crippen LogP contribution in [0.2, 0.25) is 0 Å². The largest absolute Gasteiger partial charge is 0.496 e. The predicted octanol–water partition coefficient (Wildman–Crippen LogP) is 3.78. The number of halogens is 1. The van der Waals surface area contributed by atoms with Gasteiger partial charge in [0.1, 0.15) is 5.75 Å². The maximum Gasteiger partial charge on any atom is 0.124 e. The van der Waals surface area contributed by atoms with Gasteiger partial charge in [-0.1, -0.05) is 15.9 Å². The lowest BCUT2D eigenvalue weighted by Crippen LogP contribution is -2.09. The number of aliphatic hydroxyl groups is 1. The van der Waals surface area contributed by atoms with E-state index in [2.05, 4.69) is 15.9 Å². The van der Waals surface area contributed by atoms with Gasteiger partial charge in [0.15, 0.2) is 0 Å². The van der Waals surface area contributed by atoms with E-state index in [0.29, 0.717) is 5.92 Å². The summed E-state index contributed by atoms with van der Waals surface area (Å²) in [5.41, 5.74) is 0.954. The molecule has 0 aromatic heterocycles. The highest BCUT2D eigenvalue weighted by molar-refractivity contribution is 9.10. The summed E-state index contributed by atoms with van der Waals surface area (Å²) in [7, 11) is 1.68. The zero-order valence-electron chi connectivity index (χ0n) is 11.1. The molecule has 3 saturated carbocycles. The molecule has 3 fully saturated rings. The van der Waals surface area contributed by atoms with Crippen molar-refractivity contribution in [3.8, 4) is 5.75 Å². The number of hydrogen-bond donors (Lipinski definition) is 1. The van der Waals surface area contributed by atoms with Gasteiger partial charge in [-0.2, -0.15) is 0 Å². The number of fused-ring (bicyclic) bond motifs is 5. The molecule has 2 nitrogen and oxygen atoms in total. The van der Waals surface area contributed by atoms with Gasteiger partial charge in [0.25, 0.3) is 0 Å². The van der Waals surface area contributed by atoms with Crippen LogP contribution in [-0.4, -0.2) is 12.2 Å².